The van der Waals surface area contributed by atoms with Crippen LogP contribution in [0.5, 0.6) is 0 Å². The fourth-order valence-corrected chi connectivity index (χ4v) is 4.85. The summed E-state index contributed by atoms with van der Waals surface area (Å²) in [7, 11) is 0. The molecule has 2 heteroatoms. The SMILES string of the molecule is c1ccc2c(c1)ccc1oc3c(ccc4c5ncccc5c5ccccc5c43)c12. The van der Waals surface area contributed by atoms with Crippen molar-refractivity contribution >= 4 is 65.2 Å². The molecule has 0 radical (unpaired) electrons. The van der Waals surface area contributed by atoms with Crippen LogP contribution in [0.15, 0.2) is 95.5 Å². The molecule has 134 valence electrons. The van der Waals surface area contributed by atoms with Gasteiger partial charge in [0.2, 0.25) is 0 Å². The average molecular weight is 369 g/mol. The van der Waals surface area contributed by atoms with Crippen LogP contribution in [0.25, 0.3) is 65.2 Å². The van der Waals surface area contributed by atoms with Crippen LogP contribution in [-0.2, 0) is 0 Å². The molecule has 0 amide bonds. The molecule has 2 heterocycles. The van der Waals surface area contributed by atoms with E-state index in [9.17, 15) is 0 Å². The van der Waals surface area contributed by atoms with E-state index in [1.54, 1.807) is 0 Å². The number of hydrogen-bond donors (Lipinski definition) is 0. The highest BCUT2D eigenvalue weighted by Crippen LogP contribution is 2.42. The Labute approximate surface area is 166 Å². The Bertz CT molecular complexity index is 1720. The summed E-state index contributed by atoms with van der Waals surface area (Å²) in [6.45, 7) is 0. The van der Waals surface area contributed by atoms with E-state index in [2.05, 4.69) is 78.9 Å². The van der Waals surface area contributed by atoms with E-state index < -0.39 is 0 Å². The molecular weight excluding hydrogens is 354 g/mol. The van der Waals surface area contributed by atoms with Crippen LogP contribution in [0.1, 0.15) is 0 Å². The molecule has 2 nitrogen and oxygen atoms in total. The van der Waals surface area contributed by atoms with Gasteiger partial charge in [-0.15, -0.1) is 0 Å². The molecule has 0 atom stereocenters. The molecule has 0 bridgehead atoms. The highest BCUT2D eigenvalue weighted by molar-refractivity contribution is 6.33. The second-order valence-electron chi connectivity index (χ2n) is 7.57. The lowest BCUT2D eigenvalue weighted by molar-refractivity contribution is 0.673. The van der Waals surface area contributed by atoms with Gasteiger partial charge in [0.05, 0.1) is 5.52 Å². The number of fused-ring (bicyclic) bond motifs is 12. The lowest BCUT2D eigenvalue weighted by Crippen LogP contribution is -1.86. The van der Waals surface area contributed by atoms with Crippen molar-refractivity contribution in [1.82, 2.24) is 4.98 Å². The Hall–Kier alpha value is -3.91. The van der Waals surface area contributed by atoms with Gasteiger partial charge in [-0.2, -0.15) is 0 Å². The number of nitrogens with zero attached hydrogens (tertiary/aromatic N) is 1. The monoisotopic (exact) mass is 369 g/mol. The third-order valence-electron chi connectivity index (χ3n) is 6.08. The Kier molecular flexibility index (Phi) is 2.77. The fraction of sp³-hybridized carbons (Fsp3) is 0. The molecule has 0 N–H and O–H groups in total. The van der Waals surface area contributed by atoms with Gasteiger partial charge in [0.25, 0.3) is 0 Å². The van der Waals surface area contributed by atoms with Crippen molar-refractivity contribution in [2.45, 2.75) is 0 Å². The molecule has 0 saturated carbocycles. The normalized spacial score (nSPS) is 12.1. The fourth-order valence-electron chi connectivity index (χ4n) is 4.85. The van der Waals surface area contributed by atoms with Crippen LogP contribution in [0.4, 0.5) is 0 Å². The maximum absolute atomic E-state index is 6.50. The first-order valence-electron chi connectivity index (χ1n) is 9.82. The summed E-state index contributed by atoms with van der Waals surface area (Å²) >= 11 is 0. The second-order valence-corrected chi connectivity index (χ2v) is 7.57. The molecule has 0 aliphatic heterocycles. The van der Waals surface area contributed by atoms with Gasteiger partial charge in [0, 0.05) is 33.1 Å². The number of rotatable bonds is 0. The summed E-state index contributed by atoms with van der Waals surface area (Å²) in [5.74, 6) is 0. The minimum absolute atomic E-state index is 0.927. The summed E-state index contributed by atoms with van der Waals surface area (Å²) < 4.78 is 6.50. The van der Waals surface area contributed by atoms with Gasteiger partial charge in [-0.1, -0.05) is 66.7 Å². The maximum atomic E-state index is 6.50. The molecule has 0 saturated heterocycles. The molecular formula is C27H15NO. The lowest BCUT2D eigenvalue weighted by atomic mass is 9.95. The summed E-state index contributed by atoms with van der Waals surface area (Å²) in [6.07, 6.45) is 1.87. The van der Waals surface area contributed by atoms with E-state index in [1.807, 2.05) is 12.3 Å². The van der Waals surface area contributed by atoms with Crippen molar-refractivity contribution in [1.29, 1.82) is 0 Å². The molecule has 29 heavy (non-hydrogen) atoms. The lowest BCUT2D eigenvalue weighted by Gasteiger charge is -2.09. The summed E-state index contributed by atoms with van der Waals surface area (Å²) in [4.78, 5) is 4.73. The van der Waals surface area contributed by atoms with E-state index in [-0.39, 0.29) is 0 Å². The van der Waals surface area contributed by atoms with Gasteiger partial charge >= 0.3 is 0 Å². The van der Waals surface area contributed by atoms with Gasteiger partial charge in [-0.05, 0) is 39.7 Å². The first-order valence-corrected chi connectivity index (χ1v) is 9.82. The van der Waals surface area contributed by atoms with E-state index in [1.165, 1.54) is 32.3 Å². The molecule has 5 aromatic carbocycles. The van der Waals surface area contributed by atoms with E-state index >= 15 is 0 Å². The van der Waals surface area contributed by atoms with Gasteiger partial charge in [-0.3, -0.25) is 4.98 Å². The van der Waals surface area contributed by atoms with E-state index in [4.69, 9.17) is 9.40 Å². The summed E-state index contributed by atoms with van der Waals surface area (Å²) in [5.41, 5.74) is 2.89. The number of pyridine rings is 1. The van der Waals surface area contributed by atoms with Gasteiger partial charge in [0.15, 0.2) is 0 Å². The largest absolute Gasteiger partial charge is 0.455 e. The summed E-state index contributed by atoms with van der Waals surface area (Å²) in [6, 6.07) is 29.8. The maximum Gasteiger partial charge on any atom is 0.143 e. The van der Waals surface area contributed by atoms with Crippen molar-refractivity contribution in [2.75, 3.05) is 0 Å². The van der Waals surface area contributed by atoms with Gasteiger partial charge in [0.1, 0.15) is 11.2 Å². The Balaban J connectivity index is 1.83. The predicted octanol–water partition coefficient (Wildman–Crippen LogP) is 7.59. The number of benzene rings is 5. The molecule has 0 spiro atoms. The van der Waals surface area contributed by atoms with Crippen LogP contribution in [0, 0.1) is 0 Å². The zero-order valence-corrected chi connectivity index (χ0v) is 15.5. The molecule has 0 unspecified atom stereocenters. The second kappa shape index (κ2) is 5.33. The highest BCUT2D eigenvalue weighted by atomic mass is 16.3. The Morgan fingerprint density at radius 3 is 2.21 bits per heavy atom. The third-order valence-corrected chi connectivity index (χ3v) is 6.08. The number of aromatic nitrogens is 1. The van der Waals surface area contributed by atoms with Crippen LogP contribution in [0.3, 0.4) is 0 Å². The third kappa shape index (κ3) is 1.88. The highest BCUT2D eigenvalue weighted by Gasteiger charge is 2.17. The molecule has 2 aromatic heterocycles. The zero-order valence-electron chi connectivity index (χ0n) is 15.5. The van der Waals surface area contributed by atoms with Crippen molar-refractivity contribution in [3.63, 3.8) is 0 Å². The minimum atomic E-state index is 0.927. The molecule has 0 aliphatic rings. The van der Waals surface area contributed by atoms with Crippen molar-refractivity contribution < 1.29 is 4.42 Å². The zero-order chi connectivity index (χ0) is 18.9. The quantitative estimate of drug-likeness (QED) is 0.257. The van der Waals surface area contributed by atoms with E-state index in [0.29, 0.717) is 0 Å². The van der Waals surface area contributed by atoms with E-state index in [0.717, 1.165) is 32.8 Å². The van der Waals surface area contributed by atoms with Crippen molar-refractivity contribution in [3.05, 3.63) is 91.1 Å². The average Bonchev–Trinajstić information content (AvgIpc) is 3.18. The van der Waals surface area contributed by atoms with Crippen LogP contribution < -0.4 is 0 Å². The van der Waals surface area contributed by atoms with Crippen LogP contribution >= 0.6 is 0 Å². The first-order chi connectivity index (χ1) is 14.4. The first kappa shape index (κ1) is 15.1. The van der Waals surface area contributed by atoms with Crippen molar-refractivity contribution in [2.24, 2.45) is 0 Å². The Morgan fingerprint density at radius 2 is 1.28 bits per heavy atom. The Morgan fingerprint density at radius 1 is 0.517 bits per heavy atom. The van der Waals surface area contributed by atoms with Gasteiger partial charge < -0.3 is 4.42 Å². The number of hydrogen-bond acceptors (Lipinski definition) is 2. The summed E-state index contributed by atoms with van der Waals surface area (Å²) in [5, 5.41) is 10.7. The minimum Gasteiger partial charge on any atom is -0.455 e. The number of furan rings is 1. The predicted molar refractivity (Wildman–Crippen MR) is 122 cm³/mol. The topological polar surface area (TPSA) is 26.0 Å². The van der Waals surface area contributed by atoms with Crippen LogP contribution in [0.2, 0.25) is 0 Å². The van der Waals surface area contributed by atoms with Gasteiger partial charge in [-0.25, -0.2) is 0 Å². The standard InChI is InChI=1S/C27H15NO/c1-2-7-17-16(6-1)11-14-23-24(17)22-13-12-21-25(27(22)29-23)19-9-4-3-8-18(19)20-10-5-15-28-26(20)21/h1-15H. The molecule has 7 aromatic rings. The molecule has 0 aliphatic carbocycles. The van der Waals surface area contributed by atoms with Crippen molar-refractivity contribution in [3.8, 4) is 0 Å². The van der Waals surface area contributed by atoms with Crippen LogP contribution in [-0.4, -0.2) is 4.98 Å². The molecule has 7 rings (SSSR count). The molecule has 0 fully saturated rings. The smallest absolute Gasteiger partial charge is 0.143 e.